The zero-order valence-corrected chi connectivity index (χ0v) is 14.5. The van der Waals surface area contributed by atoms with Crippen molar-refractivity contribution in [3.8, 4) is 11.5 Å². The molecule has 1 aliphatic rings. The van der Waals surface area contributed by atoms with Crippen LogP contribution in [0.15, 0.2) is 12.1 Å². The van der Waals surface area contributed by atoms with Crippen molar-refractivity contribution in [2.75, 3.05) is 20.8 Å². The Hall–Kier alpha value is -1.75. The average Bonchev–Trinajstić information content (AvgIpc) is 3.02. The zero-order chi connectivity index (χ0) is 17.0. The average molecular weight is 320 g/mol. The van der Waals surface area contributed by atoms with Crippen molar-refractivity contribution in [2.45, 2.75) is 39.2 Å². The van der Waals surface area contributed by atoms with Gasteiger partial charge in [-0.2, -0.15) is 0 Å². The van der Waals surface area contributed by atoms with Crippen molar-refractivity contribution in [3.05, 3.63) is 23.3 Å². The van der Waals surface area contributed by atoms with Crippen LogP contribution in [0, 0.1) is 18.8 Å². The topological polar surface area (TPSA) is 73.6 Å². The van der Waals surface area contributed by atoms with Gasteiger partial charge in [0.25, 0.3) is 0 Å². The molecule has 0 spiro atoms. The van der Waals surface area contributed by atoms with Crippen LogP contribution >= 0.6 is 0 Å². The van der Waals surface area contributed by atoms with E-state index in [4.69, 9.17) is 15.2 Å². The Morgan fingerprint density at radius 2 is 1.96 bits per heavy atom. The maximum atomic E-state index is 12.6. The second kappa shape index (κ2) is 7.68. The molecule has 0 aliphatic heterocycles. The SMILES string of the molecule is COc1cc(C)c(C(C)NC(=O)[C@@H]2CCC[C@@H]2CN)cc1OC. The van der Waals surface area contributed by atoms with E-state index in [0.29, 0.717) is 24.0 Å². The fourth-order valence-corrected chi connectivity index (χ4v) is 3.53. The highest BCUT2D eigenvalue weighted by Gasteiger charge is 2.32. The first-order valence-corrected chi connectivity index (χ1v) is 8.24. The van der Waals surface area contributed by atoms with Crippen LogP contribution in [0.4, 0.5) is 0 Å². The number of benzene rings is 1. The number of carbonyl (C=O) groups excluding carboxylic acids is 1. The highest BCUT2D eigenvalue weighted by Crippen LogP contribution is 2.34. The lowest BCUT2D eigenvalue weighted by Gasteiger charge is -2.23. The molecule has 128 valence electrons. The monoisotopic (exact) mass is 320 g/mol. The Morgan fingerprint density at radius 1 is 1.30 bits per heavy atom. The van der Waals surface area contributed by atoms with Gasteiger partial charge in [0.1, 0.15) is 0 Å². The maximum absolute atomic E-state index is 12.6. The van der Waals surface area contributed by atoms with Gasteiger partial charge in [-0.3, -0.25) is 4.79 Å². The molecule has 0 bridgehead atoms. The van der Waals surface area contributed by atoms with Crippen LogP contribution in [0.3, 0.4) is 0 Å². The summed E-state index contributed by atoms with van der Waals surface area (Å²) in [7, 11) is 3.24. The van der Waals surface area contributed by atoms with Gasteiger partial charge in [-0.25, -0.2) is 0 Å². The van der Waals surface area contributed by atoms with E-state index in [2.05, 4.69) is 5.32 Å². The smallest absolute Gasteiger partial charge is 0.223 e. The lowest BCUT2D eigenvalue weighted by atomic mass is 9.94. The summed E-state index contributed by atoms with van der Waals surface area (Å²) in [5.74, 6) is 1.84. The Morgan fingerprint density at radius 3 is 2.57 bits per heavy atom. The van der Waals surface area contributed by atoms with Crippen molar-refractivity contribution in [1.29, 1.82) is 0 Å². The number of carbonyl (C=O) groups is 1. The summed E-state index contributed by atoms with van der Waals surface area (Å²) in [5.41, 5.74) is 7.89. The van der Waals surface area contributed by atoms with Crippen LogP contribution in [0.25, 0.3) is 0 Å². The Kier molecular flexibility index (Phi) is 5.88. The quantitative estimate of drug-likeness (QED) is 0.845. The molecule has 0 radical (unpaired) electrons. The molecule has 2 rings (SSSR count). The van der Waals surface area contributed by atoms with Gasteiger partial charge in [0.05, 0.1) is 20.3 Å². The van der Waals surface area contributed by atoms with E-state index in [1.807, 2.05) is 26.0 Å². The second-order valence-electron chi connectivity index (χ2n) is 6.33. The number of amides is 1. The first kappa shape index (κ1) is 17.6. The predicted octanol–water partition coefficient (Wildman–Crippen LogP) is 2.56. The highest BCUT2D eigenvalue weighted by molar-refractivity contribution is 5.79. The minimum Gasteiger partial charge on any atom is -0.493 e. The number of hydrogen-bond acceptors (Lipinski definition) is 4. The third-order valence-electron chi connectivity index (χ3n) is 4.90. The summed E-state index contributed by atoms with van der Waals surface area (Å²) in [4.78, 5) is 12.6. The van der Waals surface area contributed by atoms with E-state index in [1.54, 1.807) is 14.2 Å². The largest absolute Gasteiger partial charge is 0.493 e. The summed E-state index contributed by atoms with van der Waals surface area (Å²) < 4.78 is 10.7. The first-order valence-electron chi connectivity index (χ1n) is 8.24. The normalized spacial score (nSPS) is 21.8. The molecule has 1 saturated carbocycles. The molecule has 1 amide bonds. The van der Waals surface area contributed by atoms with Crippen LogP contribution in [-0.2, 0) is 4.79 Å². The van der Waals surface area contributed by atoms with Crippen molar-refractivity contribution in [2.24, 2.45) is 17.6 Å². The molecule has 1 aromatic carbocycles. The summed E-state index contributed by atoms with van der Waals surface area (Å²) in [6.45, 7) is 4.60. The Labute approximate surface area is 138 Å². The van der Waals surface area contributed by atoms with Crippen LogP contribution in [0.1, 0.15) is 43.4 Å². The summed E-state index contributed by atoms with van der Waals surface area (Å²) in [5, 5.41) is 3.14. The number of ether oxygens (including phenoxy) is 2. The lowest BCUT2D eigenvalue weighted by molar-refractivity contribution is -0.126. The lowest BCUT2D eigenvalue weighted by Crippen LogP contribution is -2.36. The molecular formula is C18H28N2O3. The highest BCUT2D eigenvalue weighted by atomic mass is 16.5. The van der Waals surface area contributed by atoms with Crippen LogP contribution in [-0.4, -0.2) is 26.7 Å². The molecule has 1 fully saturated rings. The van der Waals surface area contributed by atoms with Crippen LogP contribution in [0.2, 0.25) is 0 Å². The van der Waals surface area contributed by atoms with Crippen LogP contribution in [0.5, 0.6) is 11.5 Å². The number of nitrogens with one attached hydrogen (secondary N) is 1. The number of rotatable bonds is 6. The summed E-state index contributed by atoms with van der Waals surface area (Å²) >= 11 is 0. The Bertz CT molecular complexity index is 559. The first-order chi connectivity index (χ1) is 11.0. The fourth-order valence-electron chi connectivity index (χ4n) is 3.53. The molecule has 1 unspecified atom stereocenters. The maximum Gasteiger partial charge on any atom is 0.223 e. The standard InChI is InChI=1S/C18H28N2O3/c1-11-8-16(22-3)17(23-4)9-15(11)12(2)20-18(21)14-7-5-6-13(14)10-19/h8-9,12-14H,5-7,10,19H2,1-4H3,(H,20,21)/t12?,13-,14-/m1/s1. The fraction of sp³-hybridized carbons (Fsp3) is 0.611. The third kappa shape index (κ3) is 3.78. The Balaban J connectivity index is 2.14. The van der Waals surface area contributed by atoms with Gasteiger partial charge < -0.3 is 20.5 Å². The number of methoxy groups -OCH3 is 2. The van der Waals surface area contributed by atoms with Crippen molar-refractivity contribution in [1.82, 2.24) is 5.32 Å². The molecule has 3 atom stereocenters. The van der Waals surface area contributed by atoms with E-state index >= 15 is 0 Å². The van der Waals surface area contributed by atoms with Gasteiger partial charge in [-0.1, -0.05) is 6.42 Å². The summed E-state index contributed by atoms with van der Waals surface area (Å²) in [6, 6.07) is 3.80. The van der Waals surface area contributed by atoms with Gasteiger partial charge in [0, 0.05) is 5.92 Å². The molecule has 5 nitrogen and oxygen atoms in total. The minimum atomic E-state index is -0.0821. The third-order valence-corrected chi connectivity index (χ3v) is 4.90. The van der Waals surface area contributed by atoms with Gasteiger partial charge in [0.15, 0.2) is 11.5 Å². The van der Waals surface area contributed by atoms with Crippen LogP contribution < -0.4 is 20.5 Å². The van der Waals surface area contributed by atoms with Gasteiger partial charge >= 0.3 is 0 Å². The molecule has 23 heavy (non-hydrogen) atoms. The van der Waals surface area contributed by atoms with Crippen molar-refractivity contribution < 1.29 is 14.3 Å². The molecule has 1 aliphatic carbocycles. The number of hydrogen-bond donors (Lipinski definition) is 2. The molecule has 3 N–H and O–H groups in total. The van der Waals surface area contributed by atoms with Gasteiger partial charge in [0.2, 0.25) is 5.91 Å². The molecule has 0 aromatic heterocycles. The number of nitrogens with two attached hydrogens (primary N) is 1. The molecule has 0 saturated heterocycles. The van der Waals surface area contributed by atoms with Crippen molar-refractivity contribution in [3.63, 3.8) is 0 Å². The van der Waals surface area contributed by atoms with Gasteiger partial charge in [-0.05, 0) is 62.4 Å². The van der Waals surface area contributed by atoms with E-state index < -0.39 is 0 Å². The molecule has 0 heterocycles. The van der Waals surface area contributed by atoms with E-state index in [-0.39, 0.29) is 17.9 Å². The van der Waals surface area contributed by atoms with E-state index in [1.165, 1.54) is 0 Å². The zero-order valence-electron chi connectivity index (χ0n) is 14.5. The second-order valence-corrected chi connectivity index (χ2v) is 6.33. The van der Waals surface area contributed by atoms with E-state index in [0.717, 1.165) is 30.4 Å². The molecule has 5 heteroatoms. The van der Waals surface area contributed by atoms with Crippen molar-refractivity contribution >= 4 is 5.91 Å². The summed E-state index contributed by atoms with van der Waals surface area (Å²) in [6.07, 6.45) is 3.08. The number of aryl methyl sites for hydroxylation is 1. The predicted molar refractivity (Wildman–Crippen MR) is 90.7 cm³/mol. The van der Waals surface area contributed by atoms with Gasteiger partial charge in [-0.15, -0.1) is 0 Å². The molecule has 1 aromatic rings. The minimum absolute atomic E-state index is 0.0444. The molecular weight excluding hydrogens is 292 g/mol. The van der Waals surface area contributed by atoms with E-state index in [9.17, 15) is 4.79 Å².